The van der Waals surface area contributed by atoms with Gasteiger partial charge in [-0.3, -0.25) is 4.79 Å². The predicted octanol–water partition coefficient (Wildman–Crippen LogP) is 1.51. The van der Waals surface area contributed by atoms with Crippen LogP contribution in [0, 0.1) is 0 Å². The summed E-state index contributed by atoms with van der Waals surface area (Å²) in [5.74, 6) is 0.645. The summed E-state index contributed by atoms with van der Waals surface area (Å²) in [4.78, 5) is 14.5. The van der Waals surface area contributed by atoms with E-state index in [-0.39, 0.29) is 0 Å². The van der Waals surface area contributed by atoms with Crippen LogP contribution in [0.5, 0.6) is 5.75 Å². The number of hydrogen-bond acceptors (Lipinski definition) is 3. The van der Waals surface area contributed by atoms with E-state index < -0.39 is 0 Å². The highest BCUT2D eigenvalue weighted by Gasteiger charge is 2.04. The van der Waals surface area contributed by atoms with Crippen molar-refractivity contribution in [3.63, 3.8) is 0 Å². The Morgan fingerprint density at radius 1 is 1.53 bits per heavy atom. The van der Waals surface area contributed by atoms with Gasteiger partial charge in [-0.15, -0.1) is 0 Å². The van der Waals surface area contributed by atoms with E-state index >= 15 is 0 Å². The Labute approximate surface area is 99.0 Å². The maximum atomic E-state index is 10.5. The molecule has 0 aliphatic rings. The van der Waals surface area contributed by atoms with Crippen molar-refractivity contribution in [2.24, 2.45) is 0 Å². The fourth-order valence-electron chi connectivity index (χ4n) is 1.62. The molecule has 5 nitrogen and oxygen atoms in total. The highest BCUT2D eigenvalue weighted by atomic mass is 16.5. The Kier molecular flexibility index (Phi) is 3.40. The number of rotatable bonds is 5. The molecular formula is C12H13N3O2. The maximum absolute atomic E-state index is 10.5. The quantitative estimate of drug-likeness (QED) is 0.793. The Bertz CT molecular complexity index is 494. The van der Waals surface area contributed by atoms with Crippen molar-refractivity contribution in [2.75, 3.05) is 12.4 Å². The second-order valence-corrected chi connectivity index (χ2v) is 3.53. The van der Waals surface area contributed by atoms with Gasteiger partial charge in [-0.2, -0.15) is 0 Å². The molecule has 17 heavy (non-hydrogen) atoms. The molecule has 2 aromatic rings. The molecule has 88 valence electrons. The van der Waals surface area contributed by atoms with Crippen molar-refractivity contribution < 1.29 is 9.53 Å². The number of ether oxygens (including phenoxy) is 1. The van der Waals surface area contributed by atoms with Crippen LogP contribution in [0.3, 0.4) is 0 Å². The number of imidazole rings is 1. The van der Waals surface area contributed by atoms with Crippen LogP contribution < -0.4 is 10.1 Å². The summed E-state index contributed by atoms with van der Waals surface area (Å²) in [7, 11) is 1.57. The number of amides is 1. The number of aromatic nitrogens is 2. The number of benzene rings is 1. The van der Waals surface area contributed by atoms with Crippen LogP contribution in [-0.4, -0.2) is 23.1 Å². The van der Waals surface area contributed by atoms with Gasteiger partial charge < -0.3 is 14.6 Å². The van der Waals surface area contributed by atoms with Crippen molar-refractivity contribution in [3.8, 4) is 5.75 Å². The predicted molar refractivity (Wildman–Crippen MR) is 64.0 cm³/mol. The lowest BCUT2D eigenvalue weighted by Gasteiger charge is -2.09. The van der Waals surface area contributed by atoms with Crippen molar-refractivity contribution in [1.82, 2.24) is 9.55 Å². The van der Waals surface area contributed by atoms with Gasteiger partial charge in [0.1, 0.15) is 5.75 Å². The van der Waals surface area contributed by atoms with E-state index in [9.17, 15) is 4.79 Å². The first-order valence-corrected chi connectivity index (χ1v) is 5.16. The minimum atomic E-state index is 0.638. The molecule has 1 amide bonds. The smallest absolute Gasteiger partial charge is 0.211 e. The Morgan fingerprint density at radius 3 is 3.06 bits per heavy atom. The second-order valence-electron chi connectivity index (χ2n) is 3.53. The summed E-state index contributed by atoms with van der Waals surface area (Å²) >= 11 is 0. The average molecular weight is 231 g/mol. The van der Waals surface area contributed by atoms with Crippen molar-refractivity contribution in [2.45, 2.75) is 6.54 Å². The number of anilines is 1. The molecule has 0 saturated heterocycles. The summed E-state index contributed by atoms with van der Waals surface area (Å²) in [6, 6.07) is 5.67. The lowest BCUT2D eigenvalue weighted by Crippen LogP contribution is -2.01. The molecule has 0 fully saturated rings. The largest absolute Gasteiger partial charge is 0.495 e. The number of hydrogen-bond donors (Lipinski definition) is 1. The molecular weight excluding hydrogens is 218 g/mol. The second kappa shape index (κ2) is 5.16. The first-order chi connectivity index (χ1) is 8.33. The van der Waals surface area contributed by atoms with Crippen molar-refractivity contribution in [3.05, 3.63) is 42.5 Å². The van der Waals surface area contributed by atoms with Gasteiger partial charge in [0.25, 0.3) is 0 Å². The molecule has 0 aliphatic heterocycles. The SMILES string of the molecule is COc1ccc(Cn2ccnc2)cc1NC=O. The van der Waals surface area contributed by atoms with Gasteiger partial charge in [0.15, 0.2) is 0 Å². The van der Waals surface area contributed by atoms with Crippen LogP contribution in [0.25, 0.3) is 0 Å². The van der Waals surface area contributed by atoms with E-state index in [1.807, 2.05) is 29.0 Å². The number of methoxy groups -OCH3 is 1. The van der Waals surface area contributed by atoms with Crippen LogP contribution in [-0.2, 0) is 11.3 Å². The molecule has 1 heterocycles. The molecule has 1 aromatic carbocycles. The maximum Gasteiger partial charge on any atom is 0.211 e. The number of carbonyl (C=O) groups is 1. The molecule has 0 saturated carbocycles. The summed E-state index contributed by atoms with van der Waals surface area (Å²) in [6.45, 7) is 0.706. The highest BCUT2D eigenvalue weighted by molar-refractivity contribution is 5.75. The topological polar surface area (TPSA) is 56.1 Å². The molecule has 0 aliphatic carbocycles. The van der Waals surface area contributed by atoms with E-state index in [4.69, 9.17) is 4.74 Å². The normalized spacial score (nSPS) is 9.94. The third-order valence-corrected chi connectivity index (χ3v) is 2.40. The lowest BCUT2D eigenvalue weighted by molar-refractivity contribution is -0.105. The van der Waals surface area contributed by atoms with Gasteiger partial charge in [0.2, 0.25) is 6.41 Å². The molecule has 0 spiro atoms. The van der Waals surface area contributed by atoms with Crippen LogP contribution in [0.2, 0.25) is 0 Å². The lowest BCUT2D eigenvalue weighted by atomic mass is 10.2. The zero-order valence-electron chi connectivity index (χ0n) is 9.46. The average Bonchev–Trinajstić information content (AvgIpc) is 2.83. The fourth-order valence-corrected chi connectivity index (χ4v) is 1.62. The van der Waals surface area contributed by atoms with E-state index in [2.05, 4.69) is 10.3 Å². The fraction of sp³-hybridized carbons (Fsp3) is 0.167. The minimum Gasteiger partial charge on any atom is -0.495 e. The first kappa shape index (κ1) is 11.2. The third kappa shape index (κ3) is 2.63. The van der Waals surface area contributed by atoms with Crippen LogP contribution in [0.15, 0.2) is 36.9 Å². The van der Waals surface area contributed by atoms with Crippen molar-refractivity contribution >= 4 is 12.1 Å². The van der Waals surface area contributed by atoms with Gasteiger partial charge in [0.05, 0.1) is 19.1 Å². The molecule has 1 aromatic heterocycles. The monoisotopic (exact) mass is 231 g/mol. The molecule has 0 radical (unpaired) electrons. The summed E-state index contributed by atoms with van der Waals surface area (Å²) in [6.07, 6.45) is 6.00. The first-order valence-electron chi connectivity index (χ1n) is 5.16. The molecule has 0 atom stereocenters. The zero-order valence-corrected chi connectivity index (χ0v) is 9.46. The third-order valence-electron chi connectivity index (χ3n) is 2.40. The van der Waals surface area contributed by atoms with Gasteiger partial charge in [0, 0.05) is 18.9 Å². The zero-order chi connectivity index (χ0) is 12.1. The van der Waals surface area contributed by atoms with Gasteiger partial charge >= 0.3 is 0 Å². The minimum absolute atomic E-state index is 0.638. The Morgan fingerprint density at radius 2 is 2.41 bits per heavy atom. The Balaban J connectivity index is 2.23. The highest BCUT2D eigenvalue weighted by Crippen LogP contribution is 2.25. The van der Waals surface area contributed by atoms with E-state index in [1.54, 1.807) is 19.6 Å². The Hall–Kier alpha value is -2.30. The summed E-state index contributed by atoms with van der Waals surface area (Å²) in [5.41, 5.74) is 1.73. The molecule has 1 N–H and O–H groups in total. The van der Waals surface area contributed by atoms with Crippen LogP contribution in [0.4, 0.5) is 5.69 Å². The van der Waals surface area contributed by atoms with Gasteiger partial charge in [-0.1, -0.05) is 6.07 Å². The van der Waals surface area contributed by atoms with E-state index in [0.29, 0.717) is 24.4 Å². The molecule has 2 rings (SSSR count). The number of nitrogens with one attached hydrogen (secondary N) is 1. The van der Waals surface area contributed by atoms with Crippen LogP contribution >= 0.6 is 0 Å². The van der Waals surface area contributed by atoms with Crippen LogP contribution in [0.1, 0.15) is 5.56 Å². The summed E-state index contributed by atoms with van der Waals surface area (Å²) < 4.78 is 7.10. The summed E-state index contributed by atoms with van der Waals surface area (Å²) in [5, 5.41) is 2.62. The molecule has 5 heteroatoms. The standard InChI is InChI=1S/C12H13N3O2/c1-17-12-3-2-10(6-11(12)14-9-16)7-15-5-4-13-8-15/h2-6,8-9H,7H2,1H3,(H,14,16). The molecule has 0 bridgehead atoms. The molecule has 0 unspecified atom stereocenters. The van der Waals surface area contributed by atoms with Gasteiger partial charge in [-0.05, 0) is 17.7 Å². The van der Waals surface area contributed by atoms with E-state index in [1.165, 1.54) is 0 Å². The van der Waals surface area contributed by atoms with Crippen molar-refractivity contribution in [1.29, 1.82) is 0 Å². The number of carbonyl (C=O) groups excluding carboxylic acids is 1. The number of nitrogens with zero attached hydrogens (tertiary/aromatic N) is 2. The van der Waals surface area contributed by atoms with E-state index in [0.717, 1.165) is 5.56 Å². The van der Waals surface area contributed by atoms with Gasteiger partial charge in [-0.25, -0.2) is 4.98 Å².